The van der Waals surface area contributed by atoms with Crippen LogP contribution in [0.15, 0.2) is 114 Å². The molecule has 174 valence electrons. The highest BCUT2D eigenvalue weighted by molar-refractivity contribution is 5.83. The molecule has 0 bridgehead atoms. The van der Waals surface area contributed by atoms with Crippen LogP contribution < -0.4 is 0 Å². The molecule has 0 amide bonds. The summed E-state index contributed by atoms with van der Waals surface area (Å²) in [7, 11) is 0. The van der Waals surface area contributed by atoms with Crippen LogP contribution in [0.5, 0.6) is 0 Å². The van der Waals surface area contributed by atoms with E-state index in [0.29, 0.717) is 29.6 Å². The highest BCUT2D eigenvalue weighted by Crippen LogP contribution is 2.56. The summed E-state index contributed by atoms with van der Waals surface area (Å²) in [5, 5.41) is 0. The molecule has 4 aliphatic rings. The highest BCUT2D eigenvalue weighted by atomic mass is 14.5. The number of benzene rings is 1. The van der Waals surface area contributed by atoms with Crippen molar-refractivity contribution in [1.82, 2.24) is 0 Å². The average molecular weight is 447 g/mol. The van der Waals surface area contributed by atoms with Crippen molar-refractivity contribution in [1.29, 1.82) is 0 Å². The fourth-order valence-corrected chi connectivity index (χ4v) is 7.03. The third kappa shape index (κ3) is 3.88. The number of fused-ring (bicyclic) bond motifs is 2. The van der Waals surface area contributed by atoms with E-state index in [2.05, 4.69) is 87.7 Å². The van der Waals surface area contributed by atoms with Gasteiger partial charge in [0.1, 0.15) is 0 Å². The van der Waals surface area contributed by atoms with E-state index in [-0.39, 0.29) is 0 Å². The monoisotopic (exact) mass is 446 g/mol. The van der Waals surface area contributed by atoms with Gasteiger partial charge in [0.25, 0.3) is 0 Å². The lowest BCUT2D eigenvalue weighted by Gasteiger charge is -2.42. The van der Waals surface area contributed by atoms with Crippen molar-refractivity contribution in [2.75, 3.05) is 0 Å². The first-order valence-electron chi connectivity index (χ1n) is 13.1. The zero-order valence-electron chi connectivity index (χ0n) is 20.9. The summed E-state index contributed by atoms with van der Waals surface area (Å²) in [4.78, 5) is 0. The van der Waals surface area contributed by atoms with Gasteiger partial charge in [0, 0.05) is 11.8 Å². The molecule has 5 atom stereocenters. The van der Waals surface area contributed by atoms with E-state index in [1.54, 1.807) is 11.1 Å². The lowest BCUT2D eigenvalue weighted by atomic mass is 9.62. The smallest absolute Gasteiger partial charge is 0.0120 e. The summed E-state index contributed by atoms with van der Waals surface area (Å²) in [6.07, 6.45) is 21.8. The Bertz CT molecular complexity index is 1170. The van der Waals surface area contributed by atoms with Crippen molar-refractivity contribution in [3.05, 3.63) is 126 Å². The second kappa shape index (κ2) is 9.41. The maximum absolute atomic E-state index is 4.73. The number of rotatable bonds is 7. The minimum Gasteiger partial charge on any atom is -0.103 e. The number of hydrogen-bond acceptors (Lipinski definition) is 0. The van der Waals surface area contributed by atoms with E-state index >= 15 is 0 Å². The van der Waals surface area contributed by atoms with E-state index in [0.717, 1.165) is 25.7 Å². The van der Waals surface area contributed by atoms with Crippen LogP contribution in [0.3, 0.4) is 0 Å². The Labute approximate surface area is 206 Å². The van der Waals surface area contributed by atoms with Gasteiger partial charge in [0.05, 0.1) is 0 Å². The van der Waals surface area contributed by atoms with Gasteiger partial charge in [0.2, 0.25) is 0 Å². The fraction of sp³-hybridized carbons (Fsp3) is 0.353. The Kier molecular flexibility index (Phi) is 6.34. The predicted octanol–water partition coefficient (Wildman–Crippen LogP) is 9.30. The summed E-state index contributed by atoms with van der Waals surface area (Å²) >= 11 is 0. The molecule has 0 aliphatic heterocycles. The molecule has 5 rings (SSSR count). The van der Waals surface area contributed by atoms with E-state index in [9.17, 15) is 0 Å². The zero-order valence-corrected chi connectivity index (χ0v) is 20.9. The van der Waals surface area contributed by atoms with Gasteiger partial charge < -0.3 is 0 Å². The second-order valence-electron chi connectivity index (χ2n) is 10.6. The molecule has 34 heavy (non-hydrogen) atoms. The SMILES string of the molecule is C=CCC1C=C(C=C2CC3=CC(C)C(C(=C)CCC)C(C4=CC=CC4)C3C2=C)c2ccccc21. The lowest BCUT2D eigenvalue weighted by Crippen LogP contribution is -2.34. The van der Waals surface area contributed by atoms with E-state index < -0.39 is 0 Å². The Morgan fingerprint density at radius 2 is 1.97 bits per heavy atom. The molecule has 4 aliphatic carbocycles. The molecule has 0 saturated heterocycles. The molecule has 1 aromatic rings. The first kappa shape index (κ1) is 22.9. The summed E-state index contributed by atoms with van der Waals surface area (Å²) < 4.78 is 0. The summed E-state index contributed by atoms with van der Waals surface area (Å²) in [5.41, 5.74) is 11.5. The quantitative estimate of drug-likeness (QED) is 0.366. The molecule has 1 saturated carbocycles. The third-order valence-electron chi connectivity index (χ3n) is 8.44. The Balaban J connectivity index is 1.52. The molecular formula is C34H38. The molecule has 0 aromatic heterocycles. The largest absolute Gasteiger partial charge is 0.103 e. The van der Waals surface area contributed by atoms with Crippen molar-refractivity contribution < 1.29 is 0 Å². The first-order valence-corrected chi connectivity index (χ1v) is 13.1. The average Bonchev–Trinajstić information content (AvgIpc) is 3.54. The van der Waals surface area contributed by atoms with Gasteiger partial charge in [-0.3, -0.25) is 0 Å². The van der Waals surface area contributed by atoms with Crippen molar-refractivity contribution in [3.8, 4) is 0 Å². The third-order valence-corrected chi connectivity index (χ3v) is 8.44. The van der Waals surface area contributed by atoms with Crippen molar-refractivity contribution in [2.24, 2.45) is 23.7 Å². The second-order valence-corrected chi connectivity index (χ2v) is 10.6. The van der Waals surface area contributed by atoms with Crippen molar-refractivity contribution >= 4 is 5.57 Å². The molecular weight excluding hydrogens is 408 g/mol. The summed E-state index contributed by atoms with van der Waals surface area (Å²) in [6, 6.07) is 8.87. The standard InChI is InChI=1S/C34H38/c1-6-12-22(3)32-23(4)18-29-21-27(24(5)33(29)34(32)25-14-8-9-15-25)20-28-19-26(13-7-2)30-16-10-11-17-31(28)30/h7-11,14,16-20,23,26,32-34H,2-3,5-6,12-13,15,21H2,1,4H3. The van der Waals surface area contributed by atoms with Crippen molar-refractivity contribution in [3.63, 3.8) is 0 Å². The first-order chi connectivity index (χ1) is 16.5. The Morgan fingerprint density at radius 3 is 2.71 bits per heavy atom. The van der Waals surface area contributed by atoms with Crippen LogP contribution in [0, 0.1) is 23.7 Å². The van der Waals surface area contributed by atoms with Gasteiger partial charge >= 0.3 is 0 Å². The molecule has 5 unspecified atom stereocenters. The van der Waals surface area contributed by atoms with Crippen LogP contribution in [-0.4, -0.2) is 0 Å². The molecule has 0 heteroatoms. The summed E-state index contributed by atoms with van der Waals surface area (Å²) in [6.45, 7) is 18.0. The van der Waals surface area contributed by atoms with Crippen LogP contribution in [0.2, 0.25) is 0 Å². The normalized spacial score (nSPS) is 30.6. The van der Waals surface area contributed by atoms with Crippen LogP contribution in [0.25, 0.3) is 5.57 Å². The maximum atomic E-state index is 4.73. The lowest BCUT2D eigenvalue weighted by molar-refractivity contribution is 0.281. The van der Waals surface area contributed by atoms with Gasteiger partial charge in [-0.25, -0.2) is 0 Å². The van der Waals surface area contributed by atoms with Gasteiger partial charge in [-0.2, -0.15) is 0 Å². The molecule has 0 radical (unpaired) electrons. The molecule has 0 spiro atoms. The summed E-state index contributed by atoms with van der Waals surface area (Å²) in [5.74, 6) is 2.35. The van der Waals surface area contributed by atoms with E-state index in [1.165, 1.54) is 39.8 Å². The topological polar surface area (TPSA) is 0 Å². The van der Waals surface area contributed by atoms with Crippen molar-refractivity contribution in [2.45, 2.75) is 51.9 Å². The van der Waals surface area contributed by atoms with Gasteiger partial charge in [0.15, 0.2) is 0 Å². The molecule has 0 N–H and O–H groups in total. The molecule has 1 fully saturated rings. The van der Waals surface area contributed by atoms with Crippen LogP contribution >= 0.6 is 0 Å². The minimum absolute atomic E-state index is 0.411. The Morgan fingerprint density at radius 1 is 1.15 bits per heavy atom. The van der Waals surface area contributed by atoms with Gasteiger partial charge in [-0.1, -0.05) is 117 Å². The predicted molar refractivity (Wildman–Crippen MR) is 147 cm³/mol. The zero-order chi connectivity index (χ0) is 23.8. The molecule has 1 aromatic carbocycles. The number of allylic oxidation sites excluding steroid dienone is 13. The minimum atomic E-state index is 0.411. The van der Waals surface area contributed by atoms with Crippen LogP contribution in [0.1, 0.15) is 63.0 Å². The van der Waals surface area contributed by atoms with Gasteiger partial charge in [-0.05, 0) is 71.3 Å². The molecule has 0 heterocycles. The van der Waals surface area contributed by atoms with E-state index in [4.69, 9.17) is 6.58 Å². The van der Waals surface area contributed by atoms with Gasteiger partial charge in [-0.15, -0.1) is 6.58 Å². The fourth-order valence-electron chi connectivity index (χ4n) is 7.03. The van der Waals surface area contributed by atoms with E-state index in [1.807, 2.05) is 6.08 Å². The highest BCUT2D eigenvalue weighted by Gasteiger charge is 2.45. The Hall–Kier alpha value is -2.86. The van der Waals surface area contributed by atoms with Crippen LogP contribution in [0.4, 0.5) is 0 Å². The molecule has 0 nitrogen and oxygen atoms in total. The van der Waals surface area contributed by atoms with Crippen LogP contribution in [-0.2, 0) is 0 Å². The number of hydrogen-bond donors (Lipinski definition) is 0. The maximum Gasteiger partial charge on any atom is 0.0120 e.